The van der Waals surface area contributed by atoms with Crippen LogP contribution in [0.15, 0.2) is 23.1 Å². The van der Waals surface area contributed by atoms with Gasteiger partial charge in [-0.15, -0.1) is 0 Å². The molecule has 2 aromatic rings. The van der Waals surface area contributed by atoms with Crippen molar-refractivity contribution in [2.45, 2.75) is 44.6 Å². The third-order valence-corrected chi connectivity index (χ3v) is 6.84. The lowest BCUT2D eigenvalue weighted by Gasteiger charge is -2.39. The normalized spacial score (nSPS) is 21.5. The van der Waals surface area contributed by atoms with E-state index in [0.29, 0.717) is 13.2 Å². The second kappa shape index (κ2) is 7.54. The van der Waals surface area contributed by atoms with Gasteiger partial charge in [-0.1, -0.05) is 6.07 Å². The van der Waals surface area contributed by atoms with Crippen molar-refractivity contribution in [3.63, 3.8) is 0 Å². The molecule has 0 radical (unpaired) electrons. The first kappa shape index (κ1) is 18.8. The summed E-state index contributed by atoms with van der Waals surface area (Å²) in [6, 6.07) is 4.25. The van der Waals surface area contributed by atoms with Gasteiger partial charge in [-0.3, -0.25) is 19.7 Å². The number of aromatic nitrogens is 3. The van der Waals surface area contributed by atoms with Gasteiger partial charge >= 0.3 is 0 Å². The zero-order valence-electron chi connectivity index (χ0n) is 17.1. The Bertz CT molecular complexity index is 925. The summed E-state index contributed by atoms with van der Waals surface area (Å²) in [4.78, 5) is 30.0. The molecule has 7 heteroatoms. The quantitative estimate of drug-likeness (QED) is 0.854. The highest BCUT2D eigenvalue weighted by molar-refractivity contribution is 5.40. The van der Waals surface area contributed by atoms with Crippen LogP contribution >= 0.6 is 0 Å². The average molecular weight is 396 g/mol. The summed E-state index contributed by atoms with van der Waals surface area (Å²) in [5, 5.41) is 0. The zero-order chi connectivity index (χ0) is 19.8. The third-order valence-electron chi connectivity index (χ3n) is 6.84. The molecule has 1 N–H and O–H groups in total. The molecular weight excluding hydrogens is 366 g/mol. The van der Waals surface area contributed by atoms with Gasteiger partial charge in [-0.05, 0) is 57.3 Å². The highest BCUT2D eigenvalue weighted by atomic mass is 16.5. The van der Waals surface area contributed by atoms with E-state index in [9.17, 15) is 4.79 Å². The Hall–Kier alpha value is -2.25. The van der Waals surface area contributed by atoms with Crippen molar-refractivity contribution in [2.75, 3.05) is 44.3 Å². The molecule has 2 fully saturated rings. The number of rotatable bonds is 3. The molecule has 2 saturated heterocycles. The summed E-state index contributed by atoms with van der Waals surface area (Å²) in [5.41, 5.74) is 4.41. The van der Waals surface area contributed by atoms with Crippen molar-refractivity contribution in [1.82, 2.24) is 19.9 Å². The van der Waals surface area contributed by atoms with Gasteiger partial charge in [0.05, 0.1) is 24.6 Å². The molecular formula is C22H29N5O2. The van der Waals surface area contributed by atoms with Crippen molar-refractivity contribution < 1.29 is 4.74 Å². The first-order valence-electron chi connectivity index (χ1n) is 10.7. The number of nitrogens with one attached hydrogen (secondary N) is 1. The van der Waals surface area contributed by atoms with E-state index < -0.39 is 0 Å². The Morgan fingerprint density at radius 1 is 1.14 bits per heavy atom. The smallest absolute Gasteiger partial charge is 0.255 e. The lowest BCUT2D eigenvalue weighted by atomic mass is 9.76. The van der Waals surface area contributed by atoms with Crippen LogP contribution in [0.3, 0.4) is 0 Å². The van der Waals surface area contributed by atoms with Gasteiger partial charge in [0.1, 0.15) is 0 Å². The van der Waals surface area contributed by atoms with Gasteiger partial charge in [-0.25, -0.2) is 4.98 Å². The fourth-order valence-corrected chi connectivity index (χ4v) is 5.01. The first-order chi connectivity index (χ1) is 14.1. The molecule has 29 heavy (non-hydrogen) atoms. The number of likely N-dealkylation sites (tertiary alicyclic amines) is 1. The summed E-state index contributed by atoms with van der Waals surface area (Å²) in [6.45, 7) is 7.95. The Morgan fingerprint density at radius 3 is 2.66 bits per heavy atom. The molecule has 5 rings (SSSR count). The SMILES string of the molecule is Cc1ccc(CN2CCC3(CCc4c3nc(N3CCOCC3)[nH]c4=O)CC2)nc1. The highest BCUT2D eigenvalue weighted by Crippen LogP contribution is 2.44. The summed E-state index contributed by atoms with van der Waals surface area (Å²) >= 11 is 0. The Labute approximate surface area is 171 Å². The maximum atomic E-state index is 12.8. The second-order valence-electron chi connectivity index (χ2n) is 8.70. The lowest BCUT2D eigenvalue weighted by Crippen LogP contribution is -2.43. The van der Waals surface area contributed by atoms with E-state index in [2.05, 4.69) is 38.8 Å². The van der Waals surface area contributed by atoms with E-state index in [1.165, 1.54) is 5.56 Å². The fraction of sp³-hybridized carbons (Fsp3) is 0.591. The van der Waals surface area contributed by atoms with Crippen molar-refractivity contribution in [3.05, 3.63) is 51.2 Å². The predicted octanol–water partition coefficient (Wildman–Crippen LogP) is 1.79. The maximum absolute atomic E-state index is 12.8. The molecule has 154 valence electrons. The molecule has 4 heterocycles. The van der Waals surface area contributed by atoms with E-state index in [-0.39, 0.29) is 11.0 Å². The molecule has 0 saturated carbocycles. The fourth-order valence-electron chi connectivity index (χ4n) is 5.01. The number of fused-ring (bicyclic) bond motifs is 2. The molecule has 0 amide bonds. The molecule has 3 aliphatic rings. The minimum absolute atomic E-state index is 0.0552. The number of morpholine rings is 1. The van der Waals surface area contributed by atoms with Crippen LogP contribution in [0, 0.1) is 6.92 Å². The lowest BCUT2D eigenvalue weighted by molar-refractivity contribution is 0.121. The number of aryl methyl sites for hydroxylation is 1. The van der Waals surface area contributed by atoms with E-state index in [4.69, 9.17) is 9.72 Å². The van der Waals surface area contributed by atoms with Gasteiger partial charge in [0.2, 0.25) is 5.95 Å². The molecule has 7 nitrogen and oxygen atoms in total. The average Bonchev–Trinajstić information content (AvgIpc) is 3.11. The molecule has 0 aromatic carbocycles. The van der Waals surface area contributed by atoms with Crippen molar-refractivity contribution in [2.24, 2.45) is 0 Å². The van der Waals surface area contributed by atoms with Crippen molar-refractivity contribution in [1.29, 1.82) is 0 Å². The van der Waals surface area contributed by atoms with Crippen LogP contribution in [-0.2, 0) is 23.1 Å². The number of ether oxygens (including phenoxy) is 1. The molecule has 0 bridgehead atoms. The Balaban J connectivity index is 1.34. The summed E-state index contributed by atoms with van der Waals surface area (Å²) in [5.74, 6) is 0.726. The molecule has 2 aliphatic heterocycles. The van der Waals surface area contributed by atoms with Crippen LogP contribution in [0.4, 0.5) is 5.95 Å². The van der Waals surface area contributed by atoms with Gasteiger partial charge < -0.3 is 9.64 Å². The largest absolute Gasteiger partial charge is 0.378 e. The third kappa shape index (κ3) is 3.57. The topological polar surface area (TPSA) is 74.3 Å². The van der Waals surface area contributed by atoms with Crippen LogP contribution in [0.2, 0.25) is 0 Å². The van der Waals surface area contributed by atoms with Gasteiger partial charge in [0.15, 0.2) is 0 Å². The van der Waals surface area contributed by atoms with Crippen molar-refractivity contribution >= 4 is 5.95 Å². The minimum atomic E-state index is 0.0552. The predicted molar refractivity (Wildman–Crippen MR) is 111 cm³/mol. The molecule has 0 atom stereocenters. The standard InChI is InChI=1S/C22H29N5O2/c1-16-2-3-17(23-14-16)15-26-8-6-22(7-9-26)5-4-18-19(22)24-21(25-20(18)28)27-10-12-29-13-11-27/h2-3,14H,4-13,15H2,1H3,(H,24,25,28). The molecule has 0 unspecified atom stereocenters. The monoisotopic (exact) mass is 395 g/mol. The molecule has 1 spiro atoms. The number of piperidine rings is 1. The summed E-state index contributed by atoms with van der Waals surface area (Å²) in [6.07, 6.45) is 5.95. The van der Waals surface area contributed by atoms with Crippen LogP contribution in [0.1, 0.15) is 41.8 Å². The Kier molecular flexibility index (Phi) is 4.87. The van der Waals surface area contributed by atoms with E-state index in [1.807, 2.05) is 6.20 Å². The van der Waals surface area contributed by atoms with E-state index in [1.54, 1.807) is 0 Å². The van der Waals surface area contributed by atoms with Crippen LogP contribution in [0.5, 0.6) is 0 Å². The van der Waals surface area contributed by atoms with Crippen LogP contribution < -0.4 is 10.5 Å². The van der Waals surface area contributed by atoms with Gasteiger partial charge in [0.25, 0.3) is 5.56 Å². The maximum Gasteiger partial charge on any atom is 0.255 e. The summed E-state index contributed by atoms with van der Waals surface area (Å²) in [7, 11) is 0. The number of H-pyrrole nitrogens is 1. The highest BCUT2D eigenvalue weighted by Gasteiger charge is 2.44. The number of hydrogen-bond donors (Lipinski definition) is 1. The van der Waals surface area contributed by atoms with Crippen molar-refractivity contribution in [3.8, 4) is 0 Å². The van der Waals surface area contributed by atoms with Gasteiger partial charge in [-0.2, -0.15) is 0 Å². The van der Waals surface area contributed by atoms with E-state index >= 15 is 0 Å². The van der Waals surface area contributed by atoms with E-state index in [0.717, 1.165) is 81.3 Å². The molecule has 1 aliphatic carbocycles. The van der Waals surface area contributed by atoms with Crippen LogP contribution in [-0.4, -0.2) is 59.2 Å². The number of aromatic amines is 1. The minimum Gasteiger partial charge on any atom is -0.378 e. The number of hydrogen-bond acceptors (Lipinski definition) is 6. The van der Waals surface area contributed by atoms with Gasteiger partial charge in [0, 0.05) is 36.8 Å². The second-order valence-corrected chi connectivity index (χ2v) is 8.70. The first-order valence-corrected chi connectivity index (χ1v) is 10.7. The Morgan fingerprint density at radius 2 is 1.93 bits per heavy atom. The van der Waals surface area contributed by atoms with Crippen LogP contribution in [0.25, 0.3) is 0 Å². The number of pyridine rings is 1. The zero-order valence-corrected chi connectivity index (χ0v) is 17.1. The number of nitrogens with zero attached hydrogens (tertiary/aromatic N) is 4. The summed E-state index contributed by atoms with van der Waals surface area (Å²) < 4.78 is 5.45. The number of anilines is 1. The molecule has 2 aromatic heterocycles.